The van der Waals surface area contributed by atoms with Crippen LogP contribution in [0.3, 0.4) is 0 Å². The highest BCUT2D eigenvalue weighted by atomic mass is 16.5. The lowest BCUT2D eigenvalue weighted by Gasteiger charge is -1.82. The molecule has 0 bridgehead atoms. The van der Waals surface area contributed by atoms with E-state index in [1.54, 1.807) is 0 Å². The van der Waals surface area contributed by atoms with Crippen LogP contribution in [-0.4, -0.2) is 5.21 Å². The smallest absolute Gasteiger partial charge is 0.224 e. The van der Waals surface area contributed by atoms with Crippen molar-refractivity contribution in [2.45, 2.75) is 0 Å². The zero-order valence-corrected chi connectivity index (χ0v) is 4.65. The molecule has 9 heavy (non-hydrogen) atoms. The molecule has 0 saturated carbocycles. The van der Waals surface area contributed by atoms with E-state index >= 15 is 0 Å². The number of hydrogen-bond acceptors (Lipinski definition) is 3. The Kier molecular flexibility index (Phi) is 1.40. The van der Waals surface area contributed by atoms with Crippen LogP contribution in [0.5, 0.6) is 0 Å². The number of nitrogens with zero attached hydrogens (tertiary/aromatic N) is 2. The number of hydrogen-bond donors (Lipinski definition) is 2. The molecule has 0 aliphatic rings. The van der Waals surface area contributed by atoms with Crippen LogP contribution in [0.1, 0.15) is 0 Å². The minimum atomic E-state index is 0.528. The zero-order valence-electron chi connectivity index (χ0n) is 4.65. The molecule has 0 saturated heterocycles. The van der Waals surface area contributed by atoms with Crippen LogP contribution in [0.25, 0.3) is 0 Å². The number of rotatable bonds is 1. The van der Waals surface area contributed by atoms with Gasteiger partial charge < -0.3 is 0 Å². The summed E-state index contributed by atoms with van der Waals surface area (Å²) in [4.78, 5) is 0. The van der Waals surface area contributed by atoms with Crippen LogP contribution in [-0.2, 0) is 0 Å². The summed E-state index contributed by atoms with van der Waals surface area (Å²) in [6.45, 7) is 0. The molecule has 1 aromatic rings. The van der Waals surface area contributed by atoms with Gasteiger partial charge >= 0.3 is 0 Å². The third kappa shape index (κ3) is 1.22. The zero-order chi connectivity index (χ0) is 6.69. The Labute approximate surface area is 51.8 Å². The highest BCUT2D eigenvalue weighted by molar-refractivity contribution is 5.30. The van der Waals surface area contributed by atoms with E-state index in [4.69, 9.17) is 10.7 Å². The summed E-state index contributed by atoms with van der Waals surface area (Å²) < 4.78 is 0.898. The fraction of sp³-hybridized carbons (Fsp3) is 0. The molecule has 46 valence electrons. The minimum absolute atomic E-state index is 0.528. The summed E-state index contributed by atoms with van der Waals surface area (Å²) in [6.07, 6.45) is 2.82. The first-order valence-corrected chi connectivity index (χ1v) is 2.41. The van der Waals surface area contributed by atoms with Gasteiger partial charge in [-0.05, 0) is 0 Å². The summed E-state index contributed by atoms with van der Waals surface area (Å²) in [5, 5.41) is 11.8. The molecule has 0 atom stereocenters. The fourth-order valence-electron chi connectivity index (χ4n) is 0.485. The van der Waals surface area contributed by atoms with Crippen LogP contribution in [0.4, 0.5) is 5.69 Å². The Morgan fingerprint density at radius 2 is 2.00 bits per heavy atom. The van der Waals surface area contributed by atoms with E-state index in [0.29, 0.717) is 5.69 Å². The average Bonchev–Trinajstić information content (AvgIpc) is 1.90. The molecule has 2 N–H and O–H groups in total. The van der Waals surface area contributed by atoms with Gasteiger partial charge in [-0.25, -0.2) is 5.53 Å². The van der Waals surface area contributed by atoms with Gasteiger partial charge in [0.15, 0.2) is 0 Å². The first-order valence-electron chi connectivity index (χ1n) is 2.41. The largest absolute Gasteiger partial charge is 0.285 e. The van der Waals surface area contributed by atoms with Crippen LogP contribution >= 0.6 is 0 Å². The Bertz CT molecular complexity index is 206. The van der Waals surface area contributed by atoms with E-state index in [-0.39, 0.29) is 0 Å². The van der Waals surface area contributed by atoms with Crippen molar-refractivity contribution in [3.8, 4) is 0 Å². The van der Waals surface area contributed by atoms with Crippen LogP contribution < -0.4 is 4.73 Å². The van der Waals surface area contributed by atoms with Crippen molar-refractivity contribution in [2.75, 3.05) is 0 Å². The molecule has 0 aliphatic carbocycles. The van der Waals surface area contributed by atoms with Gasteiger partial charge in [0.1, 0.15) is 0 Å². The van der Waals surface area contributed by atoms with E-state index in [0.717, 1.165) is 4.73 Å². The average molecular weight is 124 g/mol. The third-order valence-corrected chi connectivity index (χ3v) is 0.925. The predicted molar refractivity (Wildman–Crippen MR) is 28.6 cm³/mol. The molecule has 0 aliphatic heterocycles. The molecule has 0 aromatic carbocycles. The predicted octanol–water partition coefficient (Wildman–Crippen LogP) is 0.874. The molecule has 1 rings (SSSR count). The Balaban J connectivity index is 3.01. The second-order valence-electron chi connectivity index (χ2n) is 1.55. The lowest BCUT2D eigenvalue weighted by molar-refractivity contribution is -0.904. The van der Waals surface area contributed by atoms with E-state index < -0.39 is 0 Å². The Morgan fingerprint density at radius 3 is 2.44 bits per heavy atom. The van der Waals surface area contributed by atoms with Crippen molar-refractivity contribution in [3.05, 3.63) is 24.5 Å². The molecule has 1 heterocycles. The second-order valence-corrected chi connectivity index (χ2v) is 1.55. The topological polar surface area (TPSA) is 60.3 Å². The summed E-state index contributed by atoms with van der Waals surface area (Å²) in [5.74, 6) is 0. The van der Waals surface area contributed by atoms with Gasteiger partial charge in [0.05, 0.1) is 5.69 Å². The first kappa shape index (κ1) is 5.68. The number of aromatic nitrogens is 1. The van der Waals surface area contributed by atoms with Crippen LogP contribution in [0, 0.1) is 5.53 Å². The molecule has 0 spiro atoms. The van der Waals surface area contributed by atoms with Crippen LogP contribution in [0.2, 0.25) is 0 Å². The standard InChI is InChI=1S/C5H6N3O/c6-7-5-1-3-8(9)4-2-5/h1-4,6,9H/q+1. The molecule has 0 amide bonds. The summed E-state index contributed by atoms with van der Waals surface area (Å²) in [7, 11) is 0. The van der Waals surface area contributed by atoms with Gasteiger partial charge in [-0.15, -0.1) is 0 Å². The molecule has 4 nitrogen and oxygen atoms in total. The van der Waals surface area contributed by atoms with E-state index in [2.05, 4.69) is 5.11 Å². The summed E-state index contributed by atoms with van der Waals surface area (Å²) >= 11 is 0. The van der Waals surface area contributed by atoms with Crippen LogP contribution in [0.15, 0.2) is 29.6 Å². The molecular formula is C5H6N3O+. The lowest BCUT2D eigenvalue weighted by Crippen LogP contribution is -2.27. The second kappa shape index (κ2) is 2.21. The van der Waals surface area contributed by atoms with Crippen molar-refractivity contribution >= 4 is 5.69 Å². The third-order valence-electron chi connectivity index (χ3n) is 0.925. The quantitative estimate of drug-likeness (QED) is 0.326. The van der Waals surface area contributed by atoms with Gasteiger partial charge in [-0.3, -0.25) is 5.21 Å². The first-order chi connectivity index (χ1) is 4.33. The molecule has 0 fully saturated rings. The van der Waals surface area contributed by atoms with E-state index in [9.17, 15) is 0 Å². The molecule has 0 unspecified atom stereocenters. The van der Waals surface area contributed by atoms with Gasteiger partial charge in [0.25, 0.3) is 0 Å². The van der Waals surface area contributed by atoms with Crippen molar-refractivity contribution in [2.24, 2.45) is 5.11 Å². The van der Waals surface area contributed by atoms with Gasteiger partial charge in [-0.2, -0.15) is 5.11 Å². The summed E-state index contributed by atoms with van der Waals surface area (Å²) in [6, 6.07) is 3.07. The summed E-state index contributed by atoms with van der Waals surface area (Å²) in [5.41, 5.74) is 7.08. The normalized spacial score (nSPS) is 8.89. The molecular weight excluding hydrogens is 118 g/mol. The lowest BCUT2D eigenvalue weighted by atomic mass is 10.4. The van der Waals surface area contributed by atoms with Gasteiger partial charge in [0.2, 0.25) is 12.4 Å². The Hall–Kier alpha value is -1.45. The number of pyridine rings is 1. The highest BCUT2D eigenvalue weighted by Gasteiger charge is 1.93. The molecule has 1 aromatic heterocycles. The van der Waals surface area contributed by atoms with E-state index in [1.807, 2.05) is 0 Å². The highest BCUT2D eigenvalue weighted by Crippen LogP contribution is 2.04. The number of nitrogens with one attached hydrogen (secondary N) is 1. The maximum Gasteiger partial charge on any atom is 0.224 e. The molecule has 4 heteroatoms. The van der Waals surface area contributed by atoms with Crippen molar-refractivity contribution < 1.29 is 9.94 Å². The minimum Gasteiger partial charge on any atom is -0.285 e. The Morgan fingerprint density at radius 1 is 1.44 bits per heavy atom. The fourth-order valence-corrected chi connectivity index (χ4v) is 0.485. The maximum atomic E-state index is 8.67. The monoisotopic (exact) mass is 124 g/mol. The van der Waals surface area contributed by atoms with Crippen molar-refractivity contribution in [3.63, 3.8) is 0 Å². The van der Waals surface area contributed by atoms with Crippen molar-refractivity contribution in [1.82, 2.24) is 0 Å². The van der Waals surface area contributed by atoms with E-state index in [1.165, 1.54) is 24.5 Å². The molecule has 0 radical (unpaired) electrons. The van der Waals surface area contributed by atoms with Crippen molar-refractivity contribution in [1.29, 1.82) is 5.53 Å². The van der Waals surface area contributed by atoms with Gasteiger partial charge in [-0.1, -0.05) is 0 Å². The van der Waals surface area contributed by atoms with Gasteiger partial charge in [0, 0.05) is 16.9 Å². The maximum absolute atomic E-state index is 8.67. The SMILES string of the molecule is N=Nc1cc[n+](O)cc1.